The van der Waals surface area contributed by atoms with E-state index in [0.717, 1.165) is 12.8 Å². The molecule has 0 aromatic rings. The molecule has 0 N–H and O–H groups in total. The molecule has 0 aliphatic heterocycles. The zero-order chi connectivity index (χ0) is 11.7. The molecule has 0 amide bonds. The molecular formula is C13H22O2. The lowest BCUT2D eigenvalue weighted by Gasteiger charge is -2.45. The van der Waals surface area contributed by atoms with Gasteiger partial charge in [0.15, 0.2) is 0 Å². The third kappa shape index (κ3) is 2.42. The molecule has 1 aliphatic rings. The highest BCUT2D eigenvalue weighted by atomic mass is 16.5. The summed E-state index contributed by atoms with van der Waals surface area (Å²) in [6, 6.07) is 0. The van der Waals surface area contributed by atoms with E-state index in [1.54, 1.807) is 0 Å². The number of carbonyl (C=O) groups is 1. The quantitative estimate of drug-likeness (QED) is 0.516. The molecule has 2 nitrogen and oxygen atoms in total. The van der Waals surface area contributed by atoms with Gasteiger partial charge < -0.3 is 4.74 Å². The van der Waals surface area contributed by atoms with E-state index < -0.39 is 0 Å². The largest absolute Gasteiger partial charge is 0.469 e. The van der Waals surface area contributed by atoms with Crippen molar-refractivity contribution in [3.63, 3.8) is 0 Å². The van der Waals surface area contributed by atoms with Crippen LogP contribution in [0.3, 0.4) is 0 Å². The Hall–Kier alpha value is -0.790. The van der Waals surface area contributed by atoms with Crippen LogP contribution in [0.15, 0.2) is 11.6 Å². The molecule has 1 rings (SSSR count). The van der Waals surface area contributed by atoms with E-state index in [2.05, 4.69) is 33.8 Å². The second kappa shape index (κ2) is 3.99. The summed E-state index contributed by atoms with van der Waals surface area (Å²) in [6.07, 6.45) is 5.02. The maximum absolute atomic E-state index is 11.4. The van der Waals surface area contributed by atoms with Crippen LogP contribution < -0.4 is 0 Å². The zero-order valence-electron chi connectivity index (χ0n) is 10.5. The number of allylic oxidation sites excluding steroid dienone is 2. The second-order valence-electron chi connectivity index (χ2n) is 5.54. The molecule has 86 valence electrons. The van der Waals surface area contributed by atoms with E-state index in [1.165, 1.54) is 12.7 Å². The summed E-state index contributed by atoms with van der Waals surface area (Å²) in [5, 5.41) is 0. The lowest BCUT2D eigenvalue weighted by atomic mass is 9.59. The Labute approximate surface area is 92.7 Å². The maximum Gasteiger partial charge on any atom is 0.306 e. The maximum atomic E-state index is 11.4. The first-order chi connectivity index (χ1) is 6.81. The molecule has 1 aliphatic carbocycles. The molecule has 0 radical (unpaired) electrons. The Balaban J connectivity index is 2.95. The van der Waals surface area contributed by atoms with Crippen molar-refractivity contribution in [2.24, 2.45) is 10.8 Å². The van der Waals surface area contributed by atoms with E-state index in [0.29, 0.717) is 6.42 Å². The first-order valence-electron chi connectivity index (χ1n) is 5.56. The van der Waals surface area contributed by atoms with E-state index in [9.17, 15) is 4.79 Å². The van der Waals surface area contributed by atoms with Gasteiger partial charge in [-0.25, -0.2) is 0 Å². The summed E-state index contributed by atoms with van der Waals surface area (Å²) >= 11 is 0. The average Bonchev–Trinajstić information content (AvgIpc) is 2.12. The molecular weight excluding hydrogens is 188 g/mol. The van der Waals surface area contributed by atoms with Gasteiger partial charge in [0.2, 0.25) is 0 Å². The zero-order valence-corrected chi connectivity index (χ0v) is 10.5. The number of hydrogen-bond acceptors (Lipinski definition) is 2. The minimum atomic E-state index is -0.114. The topological polar surface area (TPSA) is 26.3 Å². The normalized spacial score (nSPS) is 29.5. The molecule has 2 heteroatoms. The lowest BCUT2D eigenvalue weighted by Crippen LogP contribution is -2.38. The van der Waals surface area contributed by atoms with E-state index in [-0.39, 0.29) is 16.8 Å². The van der Waals surface area contributed by atoms with Crippen molar-refractivity contribution in [3.8, 4) is 0 Å². The van der Waals surface area contributed by atoms with Crippen molar-refractivity contribution in [2.45, 2.75) is 47.0 Å². The highest BCUT2D eigenvalue weighted by Crippen LogP contribution is 2.50. The van der Waals surface area contributed by atoms with Gasteiger partial charge in [-0.2, -0.15) is 0 Å². The monoisotopic (exact) mass is 210 g/mol. The van der Waals surface area contributed by atoms with Gasteiger partial charge in [-0.1, -0.05) is 32.4 Å². The molecule has 0 aromatic heterocycles. The fourth-order valence-corrected chi connectivity index (χ4v) is 2.27. The van der Waals surface area contributed by atoms with Crippen LogP contribution in [0.5, 0.6) is 0 Å². The molecule has 1 atom stereocenters. The van der Waals surface area contributed by atoms with Gasteiger partial charge in [0.25, 0.3) is 0 Å². The minimum absolute atomic E-state index is 0.0670. The SMILES string of the molecule is COC(=O)CC1(C)C=C(C)CCC1(C)C. The van der Waals surface area contributed by atoms with Gasteiger partial charge in [0, 0.05) is 5.41 Å². The number of esters is 1. The Morgan fingerprint density at radius 1 is 1.47 bits per heavy atom. The van der Waals surface area contributed by atoms with Gasteiger partial charge in [-0.3, -0.25) is 4.79 Å². The van der Waals surface area contributed by atoms with Crippen LogP contribution in [0.1, 0.15) is 47.0 Å². The molecule has 0 saturated heterocycles. The van der Waals surface area contributed by atoms with Crippen molar-refractivity contribution < 1.29 is 9.53 Å². The Morgan fingerprint density at radius 3 is 2.60 bits per heavy atom. The second-order valence-corrected chi connectivity index (χ2v) is 5.54. The first kappa shape index (κ1) is 12.3. The number of carbonyl (C=O) groups excluding carboxylic acids is 1. The van der Waals surface area contributed by atoms with Crippen LogP contribution in [0.2, 0.25) is 0 Å². The number of rotatable bonds is 2. The van der Waals surface area contributed by atoms with Crippen molar-refractivity contribution in [1.29, 1.82) is 0 Å². The third-order valence-electron chi connectivity index (χ3n) is 3.99. The molecule has 0 heterocycles. The van der Waals surface area contributed by atoms with Crippen molar-refractivity contribution >= 4 is 5.97 Å². The van der Waals surface area contributed by atoms with Crippen LogP contribution in [-0.2, 0) is 9.53 Å². The van der Waals surface area contributed by atoms with Crippen LogP contribution in [0.25, 0.3) is 0 Å². The third-order valence-corrected chi connectivity index (χ3v) is 3.99. The molecule has 0 saturated carbocycles. The predicted molar refractivity (Wildman–Crippen MR) is 61.5 cm³/mol. The Kier molecular flexibility index (Phi) is 3.27. The van der Waals surface area contributed by atoms with Crippen LogP contribution in [-0.4, -0.2) is 13.1 Å². The van der Waals surface area contributed by atoms with E-state index in [4.69, 9.17) is 4.74 Å². The summed E-state index contributed by atoms with van der Waals surface area (Å²) in [5.41, 5.74) is 1.49. The Morgan fingerprint density at radius 2 is 2.07 bits per heavy atom. The van der Waals surface area contributed by atoms with E-state index >= 15 is 0 Å². The molecule has 0 aromatic carbocycles. The van der Waals surface area contributed by atoms with Gasteiger partial charge >= 0.3 is 5.97 Å². The van der Waals surface area contributed by atoms with Gasteiger partial charge in [-0.15, -0.1) is 0 Å². The van der Waals surface area contributed by atoms with E-state index in [1.807, 2.05) is 0 Å². The minimum Gasteiger partial charge on any atom is -0.469 e. The van der Waals surface area contributed by atoms with Crippen LogP contribution >= 0.6 is 0 Å². The summed E-state index contributed by atoms with van der Waals surface area (Å²) in [6.45, 7) is 8.77. The Bertz CT molecular complexity index is 289. The van der Waals surface area contributed by atoms with Gasteiger partial charge in [0.1, 0.15) is 0 Å². The fraction of sp³-hybridized carbons (Fsp3) is 0.769. The first-order valence-corrected chi connectivity index (χ1v) is 5.56. The van der Waals surface area contributed by atoms with Crippen LogP contribution in [0, 0.1) is 10.8 Å². The smallest absolute Gasteiger partial charge is 0.306 e. The number of ether oxygens (including phenoxy) is 1. The average molecular weight is 210 g/mol. The number of hydrogen-bond donors (Lipinski definition) is 0. The van der Waals surface area contributed by atoms with Gasteiger partial charge in [-0.05, 0) is 25.2 Å². The lowest BCUT2D eigenvalue weighted by molar-refractivity contribution is -0.144. The molecule has 0 fully saturated rings. The predicted octanol–water partition coefficient (Wildman–Crippen LogP) is 3.32. The summed E-state index contributed by atoms with van der Waals surface area (Å²) in [7, 11) is 1.46. The summed E-state index contributed by atoms with van der Waals surface area (Å²) in [5.74, 6) is -0.114. The molecule has 0 bridgehead atoms. The van der Waals surface area contributed by atoms with Crippen LogP contribution in [0.4, 0.5) is 0 Å². The molecule has 0 spiro atoms. The molecule has 15 heavy (non-hydrogen) atoms. The highest BCUT2D eigenvalue weighted by Gasteiger charge is 2.42. The standard InChI is InChI=1S/C13H22O2/c1-10-6-7-12(2,3)13(4,8-10)9-11(14)15-5/h8H,6-7,9H2,1-5H3. The summed E-state index contributed by atoms with van der Waals surface area (Å²) in [4.78, 5) is 11.4. The fourth-order valence-electron chi connectivity index (χ4n) is 2.27. The summed E-state index contributed by atoms with van der Waals surface area (Å²) < 4.78 is 4.78. The molecule has 1 unspecified atom stereocenters. The highest BCUT2D eigenvalue weighted by molar-refractivity contribution is 5.70. The van der Waals surface area contributed by atoms with Crippen molar-refractivity contribution in [1.82, 2.24) is 0 Å². The van der Waals surface area contributed by atoms with Gasteiger partial charge in [0.05, 0.1) is 13.5 Å². The van der Waals surface area contributed by atoms with Crippen molar-refractivity contribution in [2.75, 3.05) is 7.11 Å². The number of methoxy groups -OCH3 is 1. The van der Waals surface area contributed by atoms with Crippen molar-refractivity contribution in [3.05, 3.63) is 11.6 Å².